The molecule has 0 spiro atoms. The van der Waals surface area contributed by atoms with E-state index in [4.69, 9.17) is 0 Å². The molecule has 0 aromatic rings. The summed E-state index contributed by atoms with van der Waals surface area (Å²) in [4.78, 5) is 0. The number of hydrogen-bond acceptors (Lipinski definition) is 1. The lowest BCUT2D eigenvalue weighted by Gasteiger charge is -2.24. The fourth-order valence-electron chi connectivity index (χ4n) is 2.68. The molecule has 14 heavy (non-hydrogen) atoms. The van der Waals surface area contributed by atoms with Crippen molar-refractivity contribution in [1.82, 2.24) is 5.32 Å². The van der Waals surface area contributed by atoms with Crippen LogP contribution in [0, 0.1) is 5.92 Å². The van der Waals surface area contributed by atoms with Crippen LogP contribution in [0.1, 0.15) is 52.9 Å². The fourth-order valence-corrected chi connectivity index (χ4v) is 2.68. The van der Waals surface area contributed by atoms with E-state index in [1.165, 1.54) is 37.7 Å². The maximum absolute atomic E-state index is 4.03. The monoisotopic (exact) mass is 195 g/mol. The largest absolute Gasteiger partial charge is 0.307 e. The Hall–Kier alpha value is -0.300. The Morgan fingerprint density at radius 3 is 2.43 bits per heavy atom. The summed E-state index contributed by atoms with van der Waals surface area (Å²) in [6.45, 7) is 10.2. The lowest BCUT2D eigenvalue weighted by atomic mass is 9.84. The van der Waals surface area contributed by atoms with Crippen molar-refractivity contribution < 1.29 is 0 Å². The molecule has 1 aliphatic carbocycles. The molecule has 0 aromatic carbocycles. The zero-order valence-corrected chi connectivity index (χ0v) is 9.97. The Kier molecular flexibility index (Phi) is 4.67. The van der Waals surface area contributed by atoms with Crippen molar-refractivity contribution in [2.24, 2.45) is 5.92 Å². The first-order chi connectivity index (χ1) is 6.77. The van der Waals surface area contributed by atoms with Gasteiger partial charge in [0.2, 0.25) is 0 Å². The van der Waals surface area contributed by atoms with Crippen molar-refractivity contribution >= 4 is 0 Å². The van der Waals surface area contributed by atoms with Gasteiger partial charge in [0.05, 0.1) is 0 Å². The second-order valence-corrected chi connectivity index (χ2v) is 4.45. The van der Waals surface area contributed by atoms with Gasteiger partial charge in [-0.1, -0.05) is 38.8 Å². The van der Waals surface area contributed by atoms with Crippen LogP contribution in [0.2, 0.25) is 0 Å². The highest BCUT2D eigenvalue weighted by Gasteiger charge is 2.34. The first-order valence-electron chi connectivity index (χ1n) is 6.19. The van der Waals surface area contributed by atoms with Gasteiger partial charge >= 0.3 is 0 Å². The molecule has 3 atom stereocenters. The van der Waals surface area contributed by atoms with Gasteiger partial charge < -0.3 is 5.32 Å². The van der Waals surface area contributed by atoms with E-state index < -0.39 is 0 Å². The molecule has 1 aliphatic heterocycles. The van der Waals surface area contributed by atoms with E-state index in [0.29, 0.717) is 6.04 Å². The normalized spacial score (nSPS) is 35.5. The van der Waals surface area contributed by atoms with Gasteiger partial charge in [0.15, 0.2) is 0 Å². The van der Waals surface area contributed by atoms with Gasteiger partial charge in [0.1, 0.15) is 0 Å². The highest BCUT2D eigenvalue weighted by atomic mass is 15.0. The van der Waals surface area contributed by atoms with Crippen LogP contribution in [-0.4, -0.2) is 12.1 Å². The topological polar surface area (TPSA) is 12.0 Å². The smallest absolute Gasteiger partial charge is 0.0279 e. The average Bonchev–Trinajstić information content (AvgIpc) is 2.64. The van der Waals surface area contributed by atoms with Crippen LogP contribution in [0.25, 0.3) is 0 Å². The van der Waals surface area contributed by atoms with Gasteiger partial charge in [0, 0.05) is 12.1 Å². The van der Waals surface area contributed by atoms with Crippen LogP contribution in [0.3, 0.4) is 0 Å². The number of nitrogens with one attached hydrogen (secondary N) is 1. The summed E-state index contributed by atoms with van der Waals surface area (Å²) < 4.78 is 0. The average molecular weight is 195 g/mol. The minimum atomic E-state index is 0.623. The van der Waals surface area contributed by atoms with Gasteiger partial charge in [-0.05, 0) is 32.1 Å². The first-order valence-corrected chi connectivity index (χ1v) is 6.19. The predicted molar refractivity (Wildman–Crippen MR) is 63.4 cm³/mol. The molecule has 2 rings (SSSR count). The van der Waals surface area contributed by atoms with E-state index in [9.17, 15) is 0 Å². The van der Waals surface area contributed by atoms with E-state index in [1.54, 1.807) is 0 Å². The molecular weight excluding hydrogens is 170 g/mol. The zero-order chi connectivity index (χ0) is 10.6. The molecule has 1 N–H and O–H groups in total. The van der Waals surface area contributed by atoms with E-state index >= 15 is 0 Å². The summed E-state index contributed by atoms with van der Waals surface area (Å²) in [5, 5.41) is 3.69. The molecule has 2 aliphatic rings. The summed E-state index contributed by atoms with van der Waals surface area (Å²) in [7, 11) is 0. The van der Waals surface area contributed by atoms with E-state index in [1.807, 2.05) is 13.8 Å². The summed E-state index contributed by atoms with van der Waals surface area (Å²) in [6, 6.07) is 1.44. The van der Waals surface area contributed by atoms with E-state index in [0.717, 1.165) is 12.0 Å². The summed E-state index contributed by atoms with van der Waals surface area (Å²) in [6.07, 6.45) is 7.07. The molecule has 1 nitrogen and oxygen atoms in total. The van der Waals surface area contributed by atoms with Gasteiger partial charge in [-0.15, -0.1) is 0 Å². The minimum absolute atomic E-state index is 0.623. The zero-order valence-electron chi connectivity index (χ0n) is 9.97. The Balaban J connectivity index is 0.000000461. The maximum Gasteiger partial charge on any atom is 0.0279 e. The van der Waals surface area contributed by atoms with Gasteiger partial charge in [-0.25, -0.2) is 0 Å². The minimum Gasteiger partial charge on any atom is -0.307 e. The van der Waals surface area contributed by atoms with Crippen molar-refractivity contribution in [3.05, 3.63) is 12.2 Å². The Morgan fingerprint density at radius 2 is 1.86 bits per heavy atom. The maximum atomic E-state index is 4.03. The quantitative estimate of drug-likeness (QED) is 0.631. The lowest BCUT2D eigenvalue weighted by Crippen LogP contribution is -2.33. The molecule has 82 valence electrons. The van der Waals surface area contributed by atoms with Crippen LogP contribution >= 0.6 is 0 Å². The van der Waals surface area contributed by atoms with Crippen LogP contribution in [-0.2, 0) is 0 Å². The summed E-state index contributed by atoms with van der Waals surface area (Å²) in [5.41, 5.74) is 1.32. The van der Waals surface area contributed by atoms with Crippen LogP contribution < -0.4 is 5.32 Å². The first kappa shape index (κ1) is 11.8. The predicted octanol–water partition coefficient (Wildman–Crippen LogP) is 3.51. The highest BCUT2D eigenvalue weighted by Crippen LogP contribution is 2.34. The molecule has 1 heteroatoms. The molecule has 0 aromatic heterocycles. The third kappa shape index (κ3) is 2.60. The van der Waals surface area contributed by atoms with Gasteiger partial charge in [-0.3, -0.25) is 0 Å². The van der Waals surface area contributed by atoms with Crippen molar-refractivity contribution in [3.63, 3.8) is 0 Å². The van der Waals surface area contributed by atoms with Gasteiger partial charge in [-0.2, -0.15) is 0 Å². The van der Waals surface area contributed by atoms with Crippen LogP contribution in [0.15, 0.2) is 12.2 Å². The third-order valence-corrected chi connectivity index (χ3v) is 3.46. The summed E-state index contributed by atoms with van der Waals surface area (Å²) in [5.74, 6) is 0.959. The molecule has 3 unspecified atom stereocenters. The van der Waals surface area contributed by atoms with Crippen molar-refractivity contribution in [2.45, 2.75) is 65.0 Å². The highest BCUT2D eigenvalue weighted by molar-refractivity contribution is 5.08. The lowest BCUT2D eigenvalue weighted by molar-refractivity contribution is 0.326. The molecule has 0 amide bonds. The molecule has 1 saturated heterocycles. The van der Waals surface area contributed by atoms with Gasteiger partial charge in [0.25, 0.3) is 0 Å². The molecular formula is C13H25N. The molecule has 1 heterocycles. The fraction of sp³-hybridized carbons (Fsp3) is 0.846. The van der Waals surface area contributed by atoms with E-state index in [2.05, 4.69) is 18.8 Å². The second-order valence-electron chi connectivity index (χ2n) is 4.45. The Morgan fingerprint density at radius 1 is 1.21 bits per heavy atom. The molecule has 0 radical (unpaired) electrons. The standard InChI is InChI=1S/C11H19N.C2H6/c1-8(2)11-7-9-5-3-4-6-10(9)12-11;1-2/h9-12H,1,3-7H2,2H3;1-2H3. The number of hydrogen-bond donors (Lipinski definition) is 1. The number of rotatable bonds is 1. The number of fused-ring (bicyclic) bond motifs is 1. The van der Waals surface area contributed by atoms with Crippen molar-refractivity contribution in [1.29, 1.82) is 0 Å². The SMILES string of the molecule is C=C(C)C1CC2CCCCC2N1.CC. The molecule has 0 bridgehead atoms. The Labute approximate surface area is 89.0 Å². The van der Waals surface area contributed by atoms with E-state index in [-0.39, 0.29) is 0 Å². The molecule has 2 fully saturated rings. The van der Waals surface area contributed by atoms with Crippen LogP contribution in [0.4, 0.5) is 0 Å². The van der Waals surface area contributed by atoms with Crippen molar-refractivity contribution in [3.8, 4) is 0 Å². The van der Waals surface area contributed by atoms with Crippen molar-refractivity contribution in [2.75, 3.05) is 0 Å². The Bertz CT molecular complexity index is 172. The third-order valence-electron chi connectivity index (χ3n) is 3.46. The molecule has 1 saturated carbocycles. The summed E-state index contributed by atoms with van der Waals surface area (Å²) >= 11 is 0. The second kappa shape index (κ2) is 5.55. The van der Waals surface area contributed by atoms with Crippen LogP contribution in [0.5, 0.6) is 0 Å².